The van der Waals surface area contributed by atoms with Gasteiger partial charge in [-0.1, -0.05) is 20.8 Å². The summed E-state index contributed by atoms with van der Waals surface area (Å²) in [6.45, 7) is 6.87. The van der Waals surface area contributed by atoms with Crippen molar-refractivity contribution in [2.75, 3.05) is 18.4 Å². The molecule has 2 heterocycles. The van der Waals surface area contributed by atoms with E-state index in [0.717, 1.165) is 10.7 Å². The first-order valence-electron chi connectivity index (χ1n) is 7.10. The van der Waals surface area contributed by atoms with Crippen molar-refractivity contribution < 1.29 is 14.7 Å². The fourth-order valence-electron chi connectivity index (χ4n) is 2.63. The molecule has 2 rings (SSSR count). The fourth-order valence-corrected chi connectivity index (χ4v) is 3.46. The van der Waals surface area contributed by atoms with Gasteiger partial charge >= 0.3 is 12.0 Å². The highest BCUT2D eigenvalue weighted by Crippen LogP contribution is 2.28. The maximum atomic E-state index is 12.4. The van der Waals surface area contributed by atoms with Gasteiger partial charge in [-0.15, -0.1) is 11.3 Å². The molecule has 1 fully saturated rings. The highest BCUT2D eigenvalue weighted by atomic mass is 32.1. The zero-order valence-electron chi connectivity index (χ0n) is 12.5. The van der Waals surface area contributed by atoms with Crippen molar-refractivity contribution in [2.24, 2.45) is 11.8 Å². The van der Waals surface area contributed by atoms with E-state index >= 15 is 0 Å². The summed E-state index contributed by atoms with van der Waals surface area (Å²) in [5.41, 5.74) is 2.58. The van der Waals surface area contributed by atoms with Gasteiger partial charge in [0.2, 0.25) is 0 Å². The summed E-state index contributed by atoms with van der Waals surface area (Å²) in [4.78, 5) is 29.4. The monoisotopic (exact) mass is 311 g/mol. The summed E-state index contributed by atoms with van der Waals surface area (Å²) < 4.78 is 0. The lowest BCUT2D eigenvalue weighted by Crippen LogP contribution is -2.47. The van der Waals surface area contributed by atoms with Crippen LogP contribution in [0.3, 0.4) is 0 Å². The number of carboxylic acid groups (broad SMARTS) is 1. The topological polar surface area (TPSA) is 82.5 Å². The molecule has 0 bridgehead atoms. The van der Waals surface area contributed by atoms with Crippen LogP contribution in [0, 0.1) is 11.8 Å². The Kier molecular flexibility index (Phi) is 4.82. The maximum absolute atomic E-state index is 12.4. The van der Waals surface area contributed by atoms with Crippen LogP contribution in [0.25, 0.3) is 0 Å². The number of nitrogens with zero attached hydrogens (tertiary/aromatic N) is 2. The van der Waals surface area contributed by atoms with Gasteiger partial charge in [-0.05, 0) is 18.3 Å². The molecule has 1 aliphatic rings. The highest BCUT2D eigenvalue weighted by molar-refractivity contribution is 7.14. The lowest BCUT2D eigenvalue weighted by molar-refractivity contribution is -0.143. The van der Waals surface area contributed by atoms with E-state index < -0.39 is 11.9 Å². The van der Waals surface area contributed by atoms with Gasteiger partial charge in [0.15, 0.2) is 0 Å². The second-order valence-corrected chi connectivity index (χ2v) is 6.79. The molecule has 6 nitrogen and oxygen atoms in total. The molecule has 0 radical (unpaired) electrons. The van der Waals surface area contributed by atoms with Crippen molar-refractivity contribution in [3.05, 3.63) is 11.2 Å². The lowest BCUT2D eigenvalue weighted by Gasteiger charge is -2.34. The van der Waals surface area contributed by atoms with Gasteiger partial charge in [0.25, 0.3) is 0 Å². The molecule has 0 saturated carbocycles. The molecule has 0 aliphatic carbocycles. The summed E-state index contributed by atoms with van der Waals surface area (Å²) in [5, 5.41) is 12.8. The van der Waals surface area contributed by atoms with Gasteiger partial charge in [0.05, 0.1) is 17.1 Å². The average Bonchev–Trinajstić information content (AvgIpc) is 2.86. The predicted octanol–water partition coefficient (Wildman–Crippen LogP) is 2.84. The summed E-state index contributed by atoms with van der Waals surface area (Å²) in [6.07, 6.45) is 0.622. The number of nitrogens with one attached hydrogen (secondary N) is 1. The van der Waals surface area contributed by atoms with Crippen LogP contribution >= 0.6 is 11.3 Å². The number of urea groups is 1. The van der Waals surface area contributed by atoms with Crippen molar-refractivity contribution >= 4 is 28.3 Å². The van der Waals surface area contributed by atoms with E-state index in [4.69, 9.17) is 5.11 Å². The van der Waals surface area contributed by atoms with E-state index in [-0.39, 0.29) is 24.4 Å². The Morgan fingerprint density at radius 2 is 2.19 bits per heavy atom. The van der Waals surface area contributed by atoms with E-state index in [1.807, 2.05) is 20.8 Å². The third-order valence-electron chi connectivity index (χ3n) is 3.66. The largest absolute Gasteiger partial charge is 0.481 e. The summed E-state index contributed by atoms with van der Waals surface area (Å²) >= 11 is 1.39. The second kappa shape index (κ2) is 6.43. The van der Waals surface area contributed by atoms with Crippen molar-refractivity contribution in [1.29, 1.82) is 0 Å². The van der Waals surface area contributed by atoms with Crippen molar-refractivity contribution in [3.63, 3.8) is 0 Å². The van der Waals surface area contributed by atoms with Gasteiger partial charge in [-0.3, -0.25) is 10.1 Å². The van der Waals surface area contributed by atoms with Gasteiger partial charge in [0, 0.05) is 13.1 Å². The van der Waals surface area contributed by atoms with Crippen molar-refractivity contribution in [1.82, 2.24) is 9.88 Å². The Morgan fingerprint density at radius 1 is 1.48 bits per heavy atom. The molecule has 7 heteroatoms. The summed E-state index contributed by atoms with van der Waals surface area (Å²) in [6, 6.07) is -0.237. The number of hydrogen-bond donors (Lipinski definition) is 2. The molecule has 2 N–H and O–H groups in total. The quantitative estimate of drug-likeness (QED) is 0.899. The van der Waals surface area contributed by atoms with E-state index in [9.17, 15) is 9.59 Å². The third-order valence-corrected chi connectivity index (χ3v) is 4.42. The van der Waals surface area contributed by atoms with E-state index in [1.54, 1.807) is 10.4 Å². The number of aromatic nitrogens is 1. The zero-order chi connectivity index (χ0) is 15.6. The van der Waals surface area contributed by atoms with Gasteiger partial charge < -0.3 is 10.0 Å². The van der Waals surface area contributed by atoms with Crippen LogP contribution in [-0.2, 0) is 4.79 Å². The molecule has 2 amide bonds. The number of carbonyl (C=O) groups excluding carboxylic acids is 1. The Labute approximate surface area is 128 Å². The SMILES string of the molecule is CC1CC(C(=O)O)CN(C(=O)Nc2scnc2C(C)C)C1. The van der Waals surface area contributed by atoms with Crippen LogP contribution in [-0.4, -0.2) is 40.1 Å². The van der Waals surface area contributed by atoms with Gasteiger partial charge in [0.1, 0.15) is 5.00 Å². The number of carbonyl (C=O) groups is 2. The predicted molar refractivity (Wildman–Crippen MR) is 81.7 cm³/mol. The Hall–Kier alpha value is -1.63. The smallest absolute Gasteiger partial charge is 0.322 e. The minimum Gasteiger partial charge on any atom is -0.481 e. The number of hydrogen-bond acceptors (Lipinski definition) is 4. The number of likely N-dealkylation sites (tertiary alicyclic amines) is 1. The number of rotatable bonds is 3. The molecule has 21 heavy (non-hydrogen) atoms. The van der Waals surface area contributed by atoms with Crippen LogP contribution in [0.1, 0.15) is 38.8 Å². The third kappa shape index (κ3) is 3.72. The van der Waals surface area contributed by atoms with Crippen LogP contribution in [0.2, 0.25) is 0 Å². The first kappa shape index (κ1) is 15.8. The molecule has 2 atom stereocenters. The molecule has 1 aromatic heterocycles. The molecule has 2 unspecified atom stereocenters. The minimum atomic E-state index is -0.833. The van der Waals surface area contributed by atoms with Crippen molar-refractivity contribution in [3.8, 4) is 0 Å². The zero-order valence-corrected chi connectivity index (χ0v) is 13.3. The van der Waals surface area contributed by atoms with Crippen LogP contribution < -0.4 is 5.32 Å². The van der Waals surface area contributed by atoms with E-state index in [2.05, 4.69) is 10.3 Å². The van der Waals surface area contributed by atoms with E-state index in [1.165, 1.54) is 11.3 Å². The number of amides is 2. The second-order valence-electron chi connectivity index (χ2n) is 5.93. The molecule has 0 spiro atoms. The van der Waals surface area contributed by atoms with Gasteiger partial charge in [-0.2, -0.15) is 0 Å². The maximum Gasteiger partial charge on any atom is 0.322 e. The minimum absolute atomic E-state index is 0.191. The number of carboxylic acids is 1. The number of piperidine rings is 1. The molecule has 116 valence electrons. The molecule has 1 saturated heterocycles. The lowest BCUT2D eigenvalue weighted by atomic mass is 9.91. The molecule has 0 aromatic carbocycles. The molecule has 1 aliphatic heterocycles. The Morgan fingerprint density at radius 3 is 2.81 bits per heavy atom. The summed E-state index contributed by atoms with van der Waals surface area (Å²) in [7, 11) is 0. The standard InChI is InChI=1S/C14H21N3O3S/c1-8(2)11-12(21-7-15-11)16-14(20)17-5-9(3)4-10(6-17)13(18)19/h7-10H,4-6H2,1-3H3,(H,16,20)(H,18,19). The van der Waals surface area contributed by atoms with E-state index in [0.29, 0.717) is 13.0 Å². The Bertz CT molecular complexity index is 529. The van der Waals surface area contributed by atoms with Crippen molar-refractivity contribution in [2.45, 2.75) is 33.1 Å². The first-order chi connectivity index (χ1) is 9.88. The number of aliphatic carboxylic acids is 1. The van der Waals surface area contributed by atoms with Crippen LogP contribution in [0.5, 0.6) is 0 Å². The first-order valence-corrected chi connectivity index (χ1v) is 7.98. The Balaban J connectivity index is 2.05. The normalized spacial score (nSPS) is 22.4. The molecule has 1 aromatic rings. The summed E-state index contributed by atoms with van der Waals surface area (Å²) in [5.74, 6) is -0.888. The number of anilines is 1. The number of thiazole rings is 1. The van der Waals surface area contributed by atoms with Crippen LogP contribution in [0.4, 0.5) is 9.80 Å². The fraction of sp³-hybridized carbons (Fsp3) is 0.643. The molecular weight excluding hydrogens is 290 g/mol. The molecular formula is C14H21N3O3S. The highest BCUT2D eigenvalue weighted by Gasteiger charge is 2.32. The average molecular weight is 311 g/mol. The van der Waals surface area contributed by atoms with Gasteiger partial charge in [-0.25, -0.2) is 9.78 Å². The van der Waals surface area contributed by atoms with Crippen LogP contribution in [0.15, 0.2) is 5.51 Å².